The maximum absolute atomic E-state index is 5.71. The molecular formula is C13H15ClN2O2. The van der Waals surface area contributed by atoms with Crippen LogP contribution in [-0.2, 0) is 6.54 Å². The van der Waals surface area contributed by atoms with E-state index in [1.807, 2.05) is 32.0 Å². The minimum Gasteiger partial charge on any atom is -0.473 e. The van der Waals surface area contributed by atoms with Crippen LogP contribution in [0.15, 0.2) is 34.9 Å². The van der Waals surface area contributed by atoms with Crippen LogP contribution in [0.5, 0.6) is 5.88 Å². The first-order chi connectivity index (χ1) is 8.65. The first-order valence-electron chi connectivity index (χ1n) is 5.75. The summed E-state index contributed by atoms with van der Waals surface area (Å²) in [4.78, 5) is 4.19. The monoisotopic (exact) mass is 266 g/mol. The third-order valence-corrected chi connectivity index (χ3v) is 2.40. The van der Waals surface area contributed by atoms with Crippen LogP contribution in [0.4, 0.5) is 5.69 Å². The number of pyridine rings is 1. The lowest BCUT2D eigenvalue weighted by Crippen LogP contribution is -2.09. The summed E-state index contributed by atoms with van der Waals surface area (Å²) in [6, 6.07) is 7.31. The molecule has 18 heavy (non-hydrogen) atoms. The maximum atomic E-state index is 5.71. The molecule has 2 aromatic heterocycles. The van der Waals surface area contributed by atoms with Crippen LogP contribution in [0.1, 0.15) is 19.6 Å². The largest absolute Gasteiger partial charge is 0.473 e. The number of aromatic nitrogens is 1. The molecule has 0 amide bonds. The summed E-state index contributed by atoms with van der Waals surface area (Å²) in [6.45, 7) is 4.46. The van der Waals surface area contributed by atoms with Gasteiger partial charge < -0.3 is 14.5 Å². The van der Waals surface area contributed by atoms with Crippen LogP contribution in [0.2, 0.25) is 5.22 Å². The Kier molecular flexibility index (Phi) is 4.10. The minimum atomic E-state index is 0.0820. The Balaban J connectivity index is 2.04. The van der Waals surface area contributed by atoms with Gasteiger partial charge in [0.15, 0.2) is 5.22 Å². The van der Waals surface area contributed by atoms with Crippen LogP contribution in [0, 0.1) is 0 Å². The number of nitrogens with one attached hydrogen (secondary N) is 1. The van der Waals surface area contributed by atoms with Gasteiger partial charge in [0.05, 0.1) is 18.3 Å². The summed E-state index contributed by atoms with van der Waals surface area (Å²) in [5, 5.41) is 3.59. The van der Waals surface area contributed by atoms with Gasteiger partial charge in [-0.05, 0) is 49.7 Å². The van der Waals surface area contributed by atoms with Crippen molar-refractivity contribution in [1.82, 2.24) is 4.98 Å². The lowest BCUT2D eigenvalue weighted by atomic mass is 10.3. The van der Waals surface area contributed by atoms with Crippen molar-refractivity contribution in [2.45, 2.75) is 26.5 Å². The molecule has 2 heterocycles. The number of anilines is 1. The lowest BCUT2D eigenvalue weighted by Gasteiger charge is -2.13. The summed E-state index contributed by atoms with van der Waals surface area (Å²) < 4.78 is 10.9. The Bertz CT molecular complexity index is 511. The van der Waals surface area contributed by atoms with Gasteiger partial charge in [-0.15, -0.1) is 0 Å². The molecule has 0 fully saturated rings. The fraction of sp³-hybridized carbons (Fsp3) is 0.308. The van der Waals surface area contributed by atoms with Gasteiger partial charge in [-0.2, -0.15) is 0 Å². The van der Waals surface area contributed by atoms with E-state index in [1.54, 1.807) is 12.3 Å². The molecule has 0 radical (unpaired) electrons. The van der Waals surface area contributed by atoms with Crippen molar-refractivity contribution >= 4 is 17.3 Å². The minimum absolute atomic E-state index is 0.0820. The number of halogens is 1. The van der Waals surface area contributed by atoms with Gasteiger partial charge in [-0.25, -0.2) is 4.98 Å². The van der Waals surface area contributed by atoms with Crippen LogP contribution in [-0.4, -0.2) is 11.1 Å². The quantitative estimate of drug-likeness (QED) is 0.896. The van der Waals surface area contributed by atoms with Gasteiger partial charge in [-0.3, -0.25) is 0 Å². The van der Waals surface area contributed by atoms with E-state index in [-0.39, 0.29) is 6.10 Å². The van der Waals surface area contributed by atoms with Gasteiger partial charge in [-0.1, -0.05) is 0 Å². The summed E-state index contributed by atoms with van der Waals surface area (Å²) >= 11 is 5.71. The summed E-state index contributed by atoms with van der Waals surface area (Å²) in [6.07, 6.45) is 1.78. The predicted molar refractivity (Wildman–Crippen MR) is 71.0 cm³/mol. The Morgan fingerprint density at radius 3 is 2.89 bits per heavy atom. The Morgan fingerprint density at radius 1 is 1.39 bits per heavy atom. The highest BCUT2D eigenvalue weighted by Gasteiger charge is 2.07. The number of nitrogens with zero attached hydrogens (tertiary/aromatic N) is 1. The van der Waals surface area contributed by atoms with Crippen LogP contribution >= 0.6 is 11.6 Å². The van der Waals surface area contributed by atoms with Crippen molar-refractivity contribution in [2.75, 3.05) is 5.32 Å². The Labute approximate surface area is 111 Å². The zero-order valence-corrected chi connectivity index (χ0v) is 11.1. The molecule has 0 saturated carbocycles. The zero-order chi connectivity index (χ0) is 13.0. The zero-order valence-electron chi connectivity index (χ0n) is 10.3. The number of rotatable bonds is 5. The van der Waals surface area contributed by atoms with Crippen LogP contribution < -0.4 is 10.1 Å². The Hall–Kier alpha value is -1.68. The molecule has 2 rings (SSSR count). The second kappa shape index (κ2) is 5.78. The van der Waals surface area contributed by atoms with Gasteiger partial charge in [0, 0.05) is 6.20 Å². The van der Waals surface area contributed by atoms with E-state index in [2.05, 4.69) is 10.3 Å². The highest BCUT2D eigenvalue weighted by Crippen LogP contribution is 2.23. The van der Waals surface area contributed by atoms with Crippen molar-refractivity contribution in [3.05, 3.63) is 41.4 Å². The standard InChI is InChI=1S/C13H15ClN2O2/c1-9(2)17-13-11(4-3-7-15-13)16-8-10-5-6-12(14)18-10/h3-7,9,16H,8H2,1-2H3. The highest BCUT2D eigenvalue weighted by atomic mass is 35.5. The lowest BCUT2D eigenvalue weighted by molar-refractivity contribution is 0.234. The highest BCUT2D eigenvalue weighted by molar-refractivity contribution is 6.28. The van der Waals surface area contributed by atoms with Crippen molar-refractivity contribution in [2.24, 2.45) is 0 Å². The normalized spacial score (nSPS) is 10.7. The first kappa shape index (κ1) is 12.8. The van der Waals surface area contributed by atoms with Crippen molar-refractivity contribution in [3.63, 3.8) is 0 Å². The molecule has 0 spiro atoms. The van der Waals surface area contributed by atoms with Crippen molar-refractivity contribution in [3.8, 4) is 5.88 Å². The molecule has 0 aliphatic carbocycles. The van der Waals surface area contributed by atoms with Gasteiger partial charge in [0.2, 0.25) is 5.88 Å². The van der Waals surface area contributed by atoms with Gasteiger partial charge in [0.25, 0.3) is 0 Å². The van der Waals surface area contributed by atoms with E-state index >= 15 is 0 Å². The van der Waals surface area contributed by atoms with E-state index in [0.29, 0.717) is 17.6 Å². The average Bonchev–Trinajstić information content (AvgIpc) is 2.73. The molecule has 0 bridgehead atoms. The molecule has 0 aliphatic heterocycles. The predicted octanol–water partition coefficient (Wildman–Crippen LogP) is 3.73. The SMILES string of the molecule is CC(C)Oc1ncccc1NCc1ccc(Cl)o1. The second-order valence-corrected chi connectivity index (χ2v) is 4.45. The molecule has 5 heteroatoms. The molecule has 1 N–H and O–H groups in total. The topological polar surface area (TPSA) is 47.3 Å². The summed E-state index contributed by atoms with van der Waals surface area (Å²) in [7, 11) is 0. The maximum Gasteiger partial charge on any atom is 0.237 e. The molecule has 0 saturated heterocycles. The molecule has 4 nitrogen and oxygen atoms in total. The summed E-state index contributed by atoms with van der Waals surface area (Å²) in [5.74, 6) is 1.35. The number of ether oxygens (including phenoxy) is 1. The average molecular weight is 267 g/mol. The van der Waals surface area contributed by atoms with Crippen molar-refractivity contribution in [1.29, 1.82) is 0 Å². The molecule has 96 valence electrons. The molecule has 0 unspecified atom stereocenters. The first-order valence-corrected chi connectivity index (χ1v) is 6.12. The molecular weight excluding hydrogens is 252 g/mol. The van der Waals surface area contributed by atoms with Crippen LogP contribution in [0.3, 0.4) is 0 Å². The van der Waals surface area contributed by atoms with Crippen molar-refractivity contribution < 1.29 is 9.15 Å². The number of hydrogen-bond donors (Lipinski definition) is 1. The van der Waals surface area contributed by atoms with Crippen LogP contribution in [0.25, 0.3) is 0 Å². The molecule has 0 aliphatic rings. The van der Waals surface area contributed by atoms with E-state index in [9.17, 15) is 0 Å². The molecule has 0 aromatic carbocycles. The molecule has 2 aromatic rings. The smallest absolute Gasteiger partial charge is 0.237 e. The van der Waals surface area contributed by atoms with E-state index in [0.717, 1.165) is 11.4 Å². The fourth-order valence-electron chi connectivity index (χ4n) is 1.47. The number of furan rings is 1. The van der Waals surface area contributed by atoms with Gasteiger partial charge in [0.1, 0.15) is 5.76 Å². The second-order valence-electron chi connectivity index (χ2n) is 4.08. The van der Waals surface area contributed by atoms with Gasteiger partial charge >= 0.3 is 0 Å². The fourth-order valence-corrected chi connectivity index (χ4v) is 1.63. The number of hydrogen-bond acceptors (Lipinski definition) is 4. The third-order valence-electron chi connectivity index (χ3n) is 2.20. The summed E-state index contributed by atoms with van der Waals surface area (Å²) in [5.41, 5.74) is 0.832. The molecule has 0 atom stereocenters. The Morgan fingerprint density at radius 2 is 2.22 bits per heavy atom. The van der Waals surface area contributed by atoms with E-state index in [4.69, 9.17) is 20.8 Å². The third kappa shape index (κ3) is 3.40. The van der Waals surface area contributed by atoms with E-state index in [1.165, 1.54) is 0 Å². The van der Waals surface area contributed by atoms with E-state index < -0.39 is 0 Å².